The molecule has 2 fully saturated rings. The van der Waals surface area contributed by atoms with E-state index in [0.29, 0.717) is 0 Å². The van der Waals surface area contributed by atoms with Crippen LogP contribution in [0, 0.1) is 0 Å². The Bertz CT molecular complexity index is 715. The summed E-state index contributed by atoms with van der Waals surface area (Å²) >= 11 is 0. The van der Waals surface area contributed by atoms with Gasteiger partial charge in [-0.3, -0.25) is 10.5 Å². The number of ether oxygens (including phenoxy) is 4. The summed E-state index contributed by atoms with van der Waals surface area (Å²) in [6.45, 7) is -2.29. The Kier molecular flexibility index (Phi) is 10.9. The molecule has 0 unspecified atom stereocenters. The van der Waals surface area contributed by atoms with Crippen molar-refractivity contribution in [3.8, 4) is 0 Å². The van der Waals surface area contributed by atoms with Gasteiger partial charge in [0.2, 0.25) is 5.72 Å². The molecule has 1 amide bonds. The predicted octanol–water partition coefficient (Wildman–Crippen LogP) is -9.16. The summed E-state index contributed by atoms with van der Waals surface area (Å²) in [6.07, 6.45) is -23.6. The molecule has 0 radical (unpaired) electrons. The van der Waals surface area contributed by atoms with E-state index >= 15 is 0 Å². The standard InChI is InChI=1S/C18H34N2O16/c19-17(31)18(20,32)14(30)7(23)4(22)2-33-15-13(29)11(27)9(25)6(36-15)3-34-16-12(28)10(26)8(24)5(1-21)35-16/h4-16,21-30,32H,1-3,20H2,(H2,19,31)/t4-,5-,6-,7-,8-,9-,10+,11+,12-,13-,14+,15+,16+,18-/m1/s1. The molecule has 18 heteroatoms. The van der Waals surface area contributed by atoms with Gasteiger partial charge in [-0.15, -0.1) is 0 Å². The smallest absolute Gasteiger partial charge is 0.267 e. The maximum absolute atomic E-state index is 11.1. The van der Waals surface area contributed by atoms with Gasteiger partial charge in [-0.25, -0.2) is 0 Å². The molecule has 36 heavy (non-hydrogen) atoms. The van der Waals surface area contributed by atoms with Crippen LogP contribution in [0.5, 0.6) is 0 Å². The molecule has 0 spiro atoms. The van der Waals surface area contributed by atoms with Crippen LogP contribution in [0.25, 0.3) is 0 Å². The van der Waals surface area contributed by atoms with Crippen LogP contribution in [0.15, 0.2) is 0 Å². The van der Waals surface area contributed by atoms with Crippen molar-refractivity contribution < 1.29 is 79.9 Å². The fourth-order valence-electron chi connectivity index (χ4n) is 3.50. The van der Waals surface area contributed by atoms with Gasteiger partial charge in [-0.05, 0) is 0 Å². The van der Waals surface area contributed by atoms with Crippen molar-refractivity contribution in [1.29, 1.82) is 0 Å². The predicted molar refractivity (Wildman–Crippen MR) is 109 cm³/mol. The first kappa shape index (κ1) is 31.1. The van der Waals surface area contributed by atoms with E-state index in [9.17, 15) is 61.0 Å². The van der Waals surface area contributed by atoms with Crippen LogP contribution in [-0.2, 0) is 23.7 Å². The number of hydrogen-bond acceptors (Lipinski definition) is 17. The molecule has 2 aliphatic rings. The summed E-state index contributed by atoms with van der Waals surface area (Å²) < 4.78 is 20.8. The molecule has 0 aromatic rings. The molecule has 2 heterocycles. The number of nitrogens with two attached hydrogens (primary N) is 2. The lowest BCUT2D eigenvalue weighted by Crippen LogP contribution is -2.65. The Labute approximate surface area is 203 Å². The van der Waals surface area contributed by atoms with Crippen LogP contribution >= 0.6 is 0 Å². The molecule has 2 rings (SSSR count). The SMILES string of the molecule is NC(=O)[C@](N)(O)[C@@H](O)[C@H](O)[C@H](O)CO[C@H]1O[C@H](CO[C@H]2O[C@H](CO)[C@@H](O)[C@H](O)[C@H]2O)[C@@H](O)[C@H](O)[C@H]1O. The zero-order chi connectivity index (χ0) is 27.5. The van der Waals surface area contributed by atoms with Gasteiger partial charge in [-0.1, -0.05) is 0 Å². The molecule has 15 N–H and O–H groups in total. The molecule has 0 aromatic heterocycles. The molecular weight excluding hydrogens is 500 g/mol. The maximum Gasteiger partial charge on any atom is 0.267 e. The van der Waals surface area contributed by atoms with E-state index in [2.05, 4.69) is 0 Å². The van der Waals surface area contributed by atoms with Crippen molar-refractivity contribution in [3.05, 3.63) is 0 Å². The Morgan fingerprint density at radius 1 is 0.833 bits per heavy atom. The zero-order valence-electron chi connectivity index (χ0n) is 18.7. The number of carbonyl (C=O) groups is 1. The van der Waals surface area contributed by atoms with Crippen LogP contribution in [0.3, 0.4) is 0 Å². The van der Waals surface area contributed by atoms with Crippen LogP contribution in [0.4, 0.5) is 0 Å². The molecule has 0 aliphatic carbocycles. The number of primary amides is 1. The molecule has 0 saturated carbocycles. The lowest BCUT2D eigenvalue weighted by atomic mass is 9.97. The first-order valence-electron chi connectivity index (χ1n) is 10.7. The van der Waals surface area contributed by atoms with Crippen molar-refractivity contribution in [1.82, 2.24) is 0 Å². The van der Waals surface area contributed by atoms with Gasteiger partial charge in [0.05, 0.1) is 19.8 Å². The summed E-state index contributed by atoms with van der Waals surface area (Å²) in [7, 11) is 0. The molecule has 18 nitrogen and oxygen atoms in total. The summed E-state index contributed by atoms with van der Waals surface area (Å²) in [4.78, 5) is 11.1. The molecule has 2 saturated heterocycles. The highest BCUT2D eigenvalue weighted by Gasteiger charge is 2.48. The fraction of sp³-hybridized carbons (Fsp3) is 0.944. The third-order valence-corrected chi connectivity index (χ3v) is 5.94. The number of aliphatic hydroxyl groups excluding tert-OH is 10. The van der Waals surface area contributed by atoms with Gasteiger partial charge in [-0.2, -0.15) is 0 Å². The third kappa shape index (κ3) is 6.63. The zero-order valence-corrected chi connectivity index (χ0v) is 18.7. The number of aliphatic hydroxyl groups is 11. The topological polar surface area (TPSA) is 329 Å². The van der Waals surface area contributed by atoms with Crippen LogP contribution in [-0.4, -0.2) is 167 Å². The highest BCUT2D eigenvalue weighted by atomic mass is 16.7. The quantitative estimate of drug-likeness (QED) is 0.109. The Hall–Kier alpha value is -1.17. The van der Waals surface area contributed by atoms with Gasteiger partial charge in [0.15, 0.2) is 12.6 Å². The maximum atomic E-state index is 11.1. The Morgan fingerprint density at radius 2 is 1.31 bits per heavy atom. The summed E-state index contributed by atoms with van der Waals surface area (Å²) in [5.74, 6) is -1.60. The van der Waals surface area contributed by atoms with Crippen LogP contribution < -0.4 is 11.5 Å². The highest BCUT2D eigenvalue weighted by molar-refractivity contribution is 5.83. The number of hydrogen-bond donors (Lipinski definition) is 13. The highest BCUT2D eigenvalue weighted by Crippen LogP contribution is 2.26. The summed E-state index contributed by atoms with van der Waals surface area (Å²) in [5, 5.41) is 109. The first-order valence-corrected chi connectivity index (χ1v) is 10.7. The van der Waals surface area contributed by atoms with Crippen molar-refractivity contribution in [2.24, 2.45) is 11.5 Å². The molecule has 2 aliphatic heterocycles. The minimum Gasteiger partial charge on any atom is -0.394 e. The van der Waals surface area contributed by atoms with Gasteiger partial charge in [0, 0.05) is 0 Å². The van der Waals surface area contributed by atoms with Crippen LogP contribution in [0.1, 0.15) is 0 Å². The van der Waals surface area contributed by atoms with Crippen molar-refractivity contribution in [2.75, 3.05) is 19.8 Å². The minimum absolute atomic E-state index is 0.643. The Balaban J connectivity index is 1.98. The van der Waals surface area contributed by atoms with E-state index in [4.69, 9.17) is 30.4 Å². The second-order valence-corrected chi connectivity index (χ2v) is 8.57. The van der Waals surface area contributed by atoms with Gasteiger partial charge >= 0.3 is 0 Å². The van der Waals surface area contributed by atoms with Gasteiger partial charge < -0.3 is 80.9 Å². The average molecular weight is 534 g/mol. The monoisotopic (exact) mass is 534 g/mol. The van der Waals surface area contributed by atoms with E-state index in [-0.39, 0.29) is 0 Å². The van der Waals surface area contributed by atoms with E-state index < -0.39 is 111 Å². The number of rotatable bonds is 11. The van der Waals surface area contributed by atoms with E-state index in [1.807, 2.05) is 0 Å². The summed E-state index contributed by atoms with van der Waals surface area (Å²) in [6, 6.07) is 0. The molecule has 0 bridgehead atoms. The van der Waals surface area contributed by atoms with Crippen molar-refractivity contribution >= 4 is 5.91 Å². The average Bonchev–Trinajstić information content (AvgIpc) is 2.84. The molecule has 0 aromatic carbocycles. The van der Waals surface area contributed by atoms with Gasteiger partial charge in [0.1, 0.15) is 67.1 Å². The number of carbonyl (C=O) groups excluding carboxylic acids is 1. The van der Waals surface area contributed by atoms with E-state index in [0.717, 1.165) is 0 Å². The third-order valence-electron chi connectivity index (χ3n) is 5.94. The number of amides is 1. The normalized spacial score (nSPS) is 41.8. The molecular formula is C18H34N2O16. The Morgan fingerprint density at radius 3 is 1.81 bits per heavy atom. The van der Waals surface area contributed by atoms with E-state index in [1.165, 1.54) is 0 Å². The molecule has 14 atom stereocenters. The first-order chi connectivity index (χ1) is 16.6. The summed E-state index contributed by atoms with van der Waals surface area (Å²) in [5.41, 5.74) is 6.80. The fourth-order valence-corrected chi connectivity index (χ4v) is 3.50. The van der Waals surface area contributed by atoms with Gasteiger partial charge in [0.25, 0.3) is 5.91 Å². The lowest BCUT2D eigenvalue weighted by molar-refractivity contribution is -0.333. The minimum atomic E-state index is -3.10. The lowest BCUT2D eigenvalue weighted by Gasteiger charge is -2.42. The molecule has 212 valence electrons. The van der Waals surface area contributed by atoms with Crippen molar-refractivity contribution in [3.63, 3.8) is 0 Å². The van der Waals surface area contributed by atoms with Crippen LogP contribution in [0.2, 0.25) is 0 Å². The largest absolute Gasteiger partial charge is 0.394 e. The second kappa shape index (κ2) is 12.6. The second-order valence-electron chi connectivity index (χ2n) is 8.57. The van der Waals surface area contributed by atoms with E-state index in [1.54, 1.807) is 0 Å². The van der Waals surface area contributed by atoms with Crippen molar-refractivity contribution in [2.45, 2.75) is 85.4 Å².